The summed E-state index contributed by atoms with van der Waals surface area (Å²) in [6.45, 7) is 0.690. The number of carboxylic acid groups (broad SMARTS) is 1. The molecule has 4 rings (SSSR count). The molecule has 1 heterocycles. The number of amides is 1. The van der Waals surface area contributed by atoms with Gasteiger partial charge in [-0.25, -0.2) is 9.78 Å². The lowest BCUT2D eigenvalue weighted by Gasteiger charge is -2.29. The van der Waals surface area contributed by atoms with E-state index in [-0.39, 0.29) is 12.3 Å². The van der Waals surface area contributed by atoms with Crippen molar-refractivity contribution >= 4 is 34.5 Å². The van der Waals surface area contributed by atoms with E-state index in [1.165, 1.54) is 0 Å². The molecule has 1 aliphatic carbocycles. The number of ether oxygens (including phenoxy) is 2. The number of aliphatic carboxylic acids is 1. The Morgan fingerprint density at radius 3 is 2.29 bits per heavy atom. The van der Waals surface area contributed by atoms with E-state index >= 15 is 0 Å². The summed E-state index contributed by atoms with van der Waals surface area (Å²) in [5.41, 5.74) is 1.77. The summed E-state index contributed by atoms with van der Waals surface area (Å²) in [6, 6.07) is 13.9. The number of benzene rings is 2. The summed E-state index contributed by atoms with van der Waals surface area (Å²) in [6.07, 6.45) is -0.663. The standard InChI is InChI=1S/C27H35N5O3.C2HF3O2/c1-32(2)26-22-7-5-6-8-23(22)30-27(31-26)29-20-11-9-18(10-12-20)17-28-25(33)16-19-15-21(34-3)13-14-24(19)35-4;3-2(4,5)1(6)7/h5-8,13-15,18,20H,9-12,16-17H2,1-4H3,(H,28,33)(H,29,30,31);(H,6,7). The third kappa shape index (κ3) is 9.11. The summed E-state index contributed by atoms with van der Waals surface area (Å²) < 4.78 is 42.4. The van der Waals surface area contributed by atoms with E-state index in [2.05, 4.69) is 16.7 Å². The Bertz CT molecular complexity index is 1360. The molecule has 0 aliphatic heterocycles. The number of hydrogen-bond acceptors (Lipinski definition) is 8. The van der Waals surface area contributed by atoms with Gasteiger partial charge in [0.05, 0.1) is 26.2 Å². The lowest BCUT2D eigenvalue weighted by molar-refractivity contribution is -0.192. The second kappa shape index (κ2) is 14.6. The van der Waals surface area contributed by atoms with Crippen molar-refractivity contribution in [2.24, 2.45) is 5.92 Å². The van der Waals surface area contributed by atoms with Crippen LogP contribution in [0.25, 0.3) is 10.9 Å². The molecule has 1 saturated carbocycles. The van der Waals surface area contributed by atoms with Gasteiger partial charge in [0.25, 0.3) is 0 Å². The summed E-state index contributed by atoms with van der Waals surface area (Å²) in [4.78, 5) is 33.0. The minimum Gasteiger partial charge on any atom is -0.497 e. The Kier molecular flexibility index (Phi) is 11.2. The van der Waals surface area contributed by atoms with Crippen LogP contribution in [0.2, 0.25) is 0 Å². The van der Waals surface area contributed by atoms with Crippen LogP contribution < -0.4 is 25.0 Å². The van der Waals surface area contributed by atoms with Gasteiger partial charge in [0.2, 0.25) is 11.9 Å². The van der Waals surface area contributed by atoms with Gasteiger partial charge in [-0.1, -0.05) is 12.1 Å². The fourth-order valence-electron chi connectivity index (χ4n) is 4.67. The molecule has 0 saturated heterocycles. The van der Waals surface area contributed by atoms with Crippen LogP contribution in [0.3, 0.4) is 0 Å². The predicted octanol–water partition coefficient (Wildman–Crippen LogP) is 4.68. The third-order valence-electron chi connectivity index (χ3n) is 6.86. The first-order valence-corrected chi connectivity index (χ1v) is 13.4. The van der Waals surface area contributed by atoms with E-state index in [0.717, 1.165) is 48.0 Å². The highest BCUT2D eigenvalue weighted by Crippen LogP contribution is 2.29. The number of carbonyl (C=O) groups is 2. The minimum atomic E-state index is -5.08. The number of carbonyl (C=O) groups excluding carboxylic acids is 1. The van der Waals surface area contributed by atoms with Crippen LogP contribution in [0, 0.1) is 5.92 Å². The Hall–Kier alpha value is -4.29. The molecular formula is C29H36F3N5O5. The molecule has 0 bridgehead atoms. The van der Waals surface area contributed by atoms with Gasteiger partial charge in [0.15, 0.2) is 0 Å². The molecule has 228 valence electrons. The molecule has 1 amide bonds. The number of anilines is 2. The SMILES string of the molecule is COc1ccc(OC)c(CC(=O)NCC2CCC(Nc3nc(N(C)C)c4ccccc4n3)CC2)c1.O=C(O)C(F)(F)F. The smallest absolute Gasteiger partial charge is 0.490 e. The van der Waals surface area contributed by atoms with E-state index in [1.54, 1.807) is 14.2 Å². The minimum absolute atomic E-state index is 0.00224. The molecule has 3 aromatic rings. The van der Waals surface area contributed by atoms with Gasteiger partial charge < -0.3 is 30.1 Å². The summed E-state index contributed by atoms with van der Waals surface area (Å²) in [5.74, 6) is 0.719. The molecule has 0 spiro atoms. The van der Waals surface area contributed by atoms with Crippen LogP contribution in [0.1, 0.15) is 31.2 Å². The Labute approximate surface area is 242 Å². The molecular weight excluding hydrogens is 555 g/mol. The number of hydrogen-bond donors (Lipinski definition) is 3. The summed E-state index contributed by atoms with van der Waals surface area (Å²) in [5, 5.41) is 14.8. The largest absolute Gasteiger partial charge is 0.497 e. The van der Waals surface area contributed by atoms with Gasteiger partial charge >= 0.3 is 12.1 Å². The van der Waals surface area contributed by atoms with Crippen molar-refractivity contribution in [1.82, 2.24) is 15.3 Å². The predicted molar refractivity (Wildman–Crippen MR) is 153 cm³/mol. The molecule has 13 heteroatoms. The van der Waals surface area contributed by atoms with Gasteiger partial charge in [-0.3, -0.25) is 4.79 Å². The van der Waals surface area contributed by atoms with Gasteiger partial charge in [-0.2, -0.15) is 18.2 Å². The van der Waals surface area contributed by atoms with E-state index in [0.29, 0.717) is 36.0 Å². The summed E-state index contributed by atoms with van der Waals surface area (Å²) >= 11 is 0. The number of alkyl halides is 3. The number of nitrogens with zero attached hydrogens (tertiary/aromatic N) is 3. The first-order chi connectivity index (χ1) is 19.9. The normalized spacial score (nSPS) is 16.5. The van der Waals surface area contributed by atoms with Crippen LogP contribution in [-0.4, -0.2) is 74.0 Å². The van der Waals surface area contributed by atoms with Crippen molar-refractivity contribution in [3.8, 4) is 11.5 Å². The highest BCUT2D eigenvalue weighted by atomic mass is 19.4. The van der Waals surface area contributed by atoms with Gasteiger partial charge in [-0.05, 0) is 61.9 Å². The first kappa shape index (κ1) is 32.2. The van der Waals surface area contributed by atoms with Crippen molar-refractivity contribution in [3.05, 3.63) is 48.0 Å². The quantitative estimate of drug-likeness (QED) is 0.325. The number of methoxy groups -OCH3 is 2. The van der Waals surface area contributed by atoms with E-state index in [4.69, 9.17) is 29.3 Å². The third-order valence-corrected chi connectivity index (χ3v) is 6.86. The molecule has 10 nitrogen and oxygen atoms in total. The number of rotatable bonds is 9. The fourth-order valence-corrected chi connectivity index (χ4v) is 4.67. The second-order valence-electron chi connectivity index (χ2n) is 10.1. The molecule has 1 aliphatic rings. The zero-order chi connectivity index (χ0) is 30.9. The lowest BCUT2D eigenvalue weighted by atomic mass is 9.86. The molecule has 0 unspecified atom stereocenters. The topological polar surface area (TPSA) is 126 Å². The maximum absolute atomic E-state index is 12.6. The number of para-hydroxylation sites is 1. The zero-order valence-electron chi connectivity index (χ0n) is 24.0. The number of nitrogens with one attached hydrogen (secondary N) is 2. The highest BCUT2D eigenvalue weighted by Gasteiger charge is 2.38. The molecule has 3 N–H and O–H groups in total. The van der Waals surface area contributed by atoms with E-state index in [1.807, 2.05) is 55.4 Å². The zero-order valence-corrected chi connectivity index (χ0v) is 24.0. The van der Waals surface area contributed by atoms with Crippen LogP contribution >= 0.6 is 0 Å². The van der Waals surface area contributed by atoms with Gasteiger partial charge in [0, 0.05) is 37.6 Å². The highest BCUT2D eigenvalue weighted by molar-refractivity contribution is 5.90. The number of aromatic nitrogens is 2. The van der Waals surface area contributed by atoms with E-state index in [9.17, 15) is 18.0 Å². The van der Waals surface area contributed by atoms with Gasteiger partial charge in [0.1, 0.15) is 17.3 Å². The Morgan fingerprint density at radius 2 is 1.69 bits per heavy atom. The van der Waals surface area contributed by atoms with Crippen LogP contribution in [0.15, 0.2) is 42.5 Å². The van der Waals surface area contributed by atoms with Crippen molar-refractivity contribution in [1.29, 1.82) is 0 Å². The fraction of sp³-hybridized carbons (Fsp3) is 0.448. The molecule has 0 radical (unpaired) electrons. The molecule has 42 heavy (non-hydrogen) atoms. The Balaban J connectivity index is 0.000000616. The molecule has 1 aromatic heterocycles. The average molecular weight is 592 g/mol. The van der Waals surface area contributed by atoms with Crippen LogP contribution in [-0.2, 0) is 16.0 Å². The monoisotopic (exact) mass is 591 g/mol. The van der Waals surface area contributed by atoms with Crippen LogP contribution in [0.4, 0.5) is 24.9 Å². The van der Waals surface area contributed by atoms with Crippen molar-refractivity contribution in [2.45, 2.75) is 44.3 Å². The molecule has 0 atom stereocenters. The average Bonchev–Trinajstić information content (AvgIpc) is 2.96. The maximum atomic E-state index is 12.6. The van der Waals surface area contributed by atoms with Crippen molar-refractivity contribution in [2.75, 3.05) is 45.1 Å². The lowest BCUT2D eigenvalue weighted by Crippen LogP contribution is -2.35. The number of carboxylic acids is 1. The summed E-state index contributed by atoms with van der Waals surface area (Å²) in [7, 11) is 7.23. The van der Waals surface area contributed by atoms with Gasteiger partial charge in [-0.15, -0.1) is 0 Å². The second-order valence-corrected chi connectivity index (χ2v) is 10.1. The number of fused-ring (bicyclic) bond motifs is 1. The Morgan fingerprint density at radius 1 is 1.02 bits per heavy atom. The molecule has 2 aromatic carbocycles. The maximum Gasteiger partial charge on any atom is 0.490 e. The van der Waals surface area contributed by atoms with Crippen LogP contribution in [0.5, 0.6) is 11.5 Å². The van der Waals surface area contributed by atoms with Crippen molar-refractivity contribution < 1.29 is 37.3 Å². The van der Waals surface area contributed by atoms with Crippen molar-refractivity contribution in [3.63, 3.8) is 0 Å². The van der Waals surface area contributed by atoms with E-state index < -0.39 is 12.1 Å². The number of halogens is 3. The molecule has 1 fully saturated rings. The first-order valence-electron chi connectivity index (χ1n) is 13.4.